The Morgan fingerprint density at radius 1 is 1.50 bits per heavy atom. The molecule has 1 aliphatic heterocycles. The lowest BCUT2D eigenvalue weighted by molar-refractivity contribution is 0.438. The number of ether oxygens (including phenoxy) is 1. The Morgan fingerprint density at radius 2 is 2.08 bits per heavy atom. The molecule has 12 heavy (non-hydrogen) atoms. The molecule has 1 heterocycles. The Labute approximate surface area is 77.3 Å². The summed E-state index contributed by atoms with van der Waals surface area (Å²) in [5.41, 5.74) is 5.57. The zero-order valence-electron chi connectivity index (χ0n) is 7.42. The average Bonchev–Trinajstić information content (AvgIpc) is 2.06. The first-order chi connectivity index (χ1) is 5.38. The van der Waals surface area contributed by atoms with Crippen LogP contribution < -0.4 is 5.73 Å². The molecule has 0 fully saturated rings. The SMILES string of the molecule is CC(C)(C)/C=C1\OC(=S)N=C1N. The van der Waals surface area contributed by atoms with Crippen LogP contribution in [0.2, 0.25) is 0 Å². The average molecular weight is 184 g/mol. The van der Waals surface area contributed by atoms with Gasteiger partial charge in [0.25, 0.3) is 5.17 Å². The highest BCUT2D eigenvalue weighted by Gasteiger charge is 2.19. The molecule has 0 saturated carbocycles. The Hall–Kier alpha value is -0.900. The van der Waals surface area contributed by atoms with Gasteiger partial charge >= 0.3 is 0 Å². The van der Waals surface area contributed by atoms with Gasteiger partial charge in [0.2, 0.25) is 0 Å². The Balaban J connectivity index is 2.87. The summed E-state index contributed by atoms with van der Waals surface area (Å²) in [6, 6.07) is 0. The van der Waals surface area contributed by atoms with Crippen LogP contribution in [-0.4, -0.2) is 11.0 Å². The number of rotatable bonds is 0. The molecule has 0 aromatic rings. The van der Waals surface area contributed by atoms with E-state index >= 15 is 0 Å². The van der Waals surface area contributed by atoms with E-state index in [4.69, 9.17) is 22.7 Å². The Bertz CT molecular complexity index is 273. The third kappa shape index (κ3) is 2.30. The molecule has 0 spiro atoms. The van der Waals surface area contributed by atoms with E-state index in [-0.39, 0.29) is 10.6 Å². The van der Waals surface area contributed by atoms with E-state index in [1.807, 2.05) is 6.08 Å². The van der Waals surface area contributed by atoms with Crippen molar-refractivity contribution in [3.63, 3.8) is 0 Å². The maximum atomic E-state index is 5.55. The van der Waals surface area contributed by atoms with Crippen LogP contribution in [0.25, 0.3) is 0 Å². The predicted molar refractivity (Wildman–Crippen MR) is 52.8 cm³/mol. The van der Waals surface area contributed by atoms with Gasteiger partial charge in [-0.25, -0.2) is 0 Å². The fourth-order valence-corrected chi connectivity index (χ4v) is 1.01. The van der Waals surface area contributed by atoms with Gasteiger partial charge in [-0.2, -0.15) is 4.99 Å². The molecule has 0 amide bonds. The van der Waals surface area contributed by atoms with E-state index in [2.05, 4.69) is 25.8 Å². The van der Waals surface area contributed by atoms with Crippen molar-refractivity contribution in [2.45, 2.75) is 20.8 Å². The van der Waals surface area contributed by atoms with E-state index in [1.54, 1.807) is 0 Å². The molecule has 0 bridgehead atoms. The molecular weight excluding hydrogens is 172 g/mol. The lowest BCUT2D eigenvalue weighted by Gasteiger charge is -2.12. The van der Waals surface area contributed by atoms with Crippen molar-refractivity contribution in [1.29, 1.82) is 0 Å². The van der Waals surface area contributed by atoms with Crippen LogP contribution in [0.15, 0.2) is 16.8 Å². The minimum absolute atomic E-state index is 0.0232. The lowest BCUT2D eigenvalue weighted by Crippen LogP contribution is -2.14. The molecule has 66 valence electrons. The number of amidine groups is 1. The van der Waals surface area contributed by atoms with Gasteiger partial charge in [0.1, 0.15) is 0 Å². The van der Waals surface area contributed by atoms with Crippen LogP contribution in [-0.2, 0) is 4.74 Å². The topological polar surface area (TPSA) is 47.6 Å². The quantitative estimate of drug-likeness (QED) is 0.581. The van der Waals surface area contributed by atoms with Crippen LogP contribution in [0.4, 0.5) is 0 Å². The van der Waals surface area contributed by atoms with Gasteiger partial charge in [0, 0.05) is 0 Å². The van der Waals surface area contributed by atoms with Crippen molar-refractivity contribution in [1.82, 2.24) is 0 Å². The summed E-state index contributed by atoms with van der Waals surface area (Å²) >= 11 is 4.73. The minimum atomic E-state index is 0.0232. The molecule has 0 unspecified atom stereocenters. The van der Waals surface area contributed by atoms with Crippen LogP contribution in [0.5, 0.6) is 0 Å². The molecule has 0 radical (unpaired) electrons. The minimum Gasteiger partial charge on any atom is -0.427 e. The maximum Gasteiger partial charge on any atom is 0.291 e. The summed E-state index contributed by atoms with van der Waals surface area (Å²) in [6.07, 6.45) is 1.91. The van der Waals surface area contributed by atoms with Gasteiger partial charge in [0.15, 0.2) is 11.6 Å². The number of hydrogen-bond acceptors (Lipinski definition) is 3. The van der Waals surface area contributed by atoms with Crippen LogP contribution in [0.3, 0.4) is 0 Å². The number of nitrogens with zero attached hydrogens (tertiary/aromatic N) is 1. The largest absolute Gasteiger partial charge is 0.427 e. The van der Waals surface area contributed by atoms with E-state index in [0.29, 0.717) is 11.6 Å². The number of thiocarbonyl (C=S) groups is 1. The molecule has 0 aliphatic carbocycles. The normalized spacial score (nSPS) is 21.1. The van der Waals surface area contributed by atoms with Crippen LogP contribution >= 0.6 is 12.2 Å². The van der Waals surface area contributed by atoms with Gasteiger partial charge in [0.05, 0.1) is 0 Å². The van der Waals surface area contributed by atoms with Crippen molar-refractivity contribution >= 4 is 23.2 Å². The molecular formula is C8H12N2OS. The lowest BCUT2D eigenvalue weighted by atomic mass is 9.96. The number of aliphatic imine (C=N–C) groups is 1. The summed E-state index contributed by atoms with van der Waals surface area (Å²) in [6.45, 7) is 6.16. The van der Waals surface area contributed by atoms with Gasteiger partial charge < -0.3 is 10.5 Å². The second-order valence-electron chi connectivity index (χ2n) is 3.74. The zero-order valence-corrected chi connectivity index (χ0v) is 8.23. The Kier molecular flexibility index (Phi) is 2.19. The highest BCUT2D eigenvalue weighted by molar-refractivity contribution is 7.80. The molecule has 0 aromatic carbocycles. The monoisotopic (exact) mass is 184 g/mol. The first-order valence-corrected chi connectivity index (χ1v) is 4.08. The van der Waals surface area contributed by atoms with Crippen LogP contribution in [0, 0.1) is 5.41 Å². The molecule has 0 aromatic heterocycles. The highest BCUT2D eigenvalue weighted by atomic mass is 32.1. The molecule has 4 heteroatoms. The van der Waals surface area contributed by atoms with E-state index < -0.39 is 0 Å². The van der Waals surface area contributed by atoms with E-state index in [9.17, 15) is 0 Å². The second-order valence-corrected chi connectivity index (χ2v) is 4.09. The zero-order chi connectivity index (χ0) is 9.35. The van der Waals surface area contributed by atoms with Crippen molar-refractivity contribution in [3.05, 3.63) is 11.8 Å². The number of hydrogen-bond donors (Lipinski definition) is 1. The molecule has 3 nitrogen and oxygen atoms in total. The highest BCUT2D eigenvalue weighted by Crippen LogP contribution is 2.20. The first kappa shape index (κ1) is 9.19. The van der Waals surface area contributed by atoms with Gasteiger partial charge in [-0.3, -0.25) is 0 Å². The van der Waals surface area contributed by atoms with Crippen molar-refractivity contribution in [2.75, 3.05) is 0 Å². The molecule has 1 aliphatic rings. The van der Waals surface area contributed by atoms with Crippen molar-refractivity contribution in [2.24, 2.45) is 16.1 Å². The fraction of sp³-hybridized carbons (Fsp3) is 0.500. The van der Waals surface area contributed by atoms with Crippen molar-refractivity contribution < 1.29 is 4.74 Å². The summed E-state index contributed by atoms with van der Waals surface area (Å²) in [7, 11) is 0. The van der Waals surface area contributed by atoms with E-state index in [1.165, 1.54) is 0 Å². The van der Waals surface area contributed by atoms with Gasteiger partial charge in [-0.15, -0.1) is 0 Å². The van der Waals surface area contributed by atoms with Gasteiger partial charge in [-0.1, -0.05) is 20.8 Å². The summed E-state index contributed by atoms with van der Waals surface area (Å²) in [4.78, 5) is 3.79. The molecule has 0 atom stereocenters. The second kappa shape index (κ2) is 2.86. The first-order valence-electron chi connectivity index (χ1n) is 3.68. The van der Waals surface area contributed by atoms with Gasteiger partial charge in [-0.05, 0) is 23.7 Å². The fourth-order valence-electron chi connectivity index (χ4n) is 0.819. The number of nitrogens with two attached hydrogens (primary N) is 1. The maximum absolute atomic E-state index is 5.55. The number of allylic oxidation sites excluding steroid dienone is 1. The molecule has 1 rings (SSSR count). The van der Waals surface area contributed by atoms with Crippen LogP contribution in [0.1, 0.15) is 20.8 Å². The third-order valence-corrected chi connectivity index (χ3v) is 1.40. The summed E-state index contributed by atoms with van der Waals surface area (Å²) in [5.74, 6) is 0.947. The Morgan fingerprint density at radius 3 is 2.42 bits per heavy atom. The molecule has 2 N–H and O–H groups in total. The third-order valence-electron chi connectivity index (χ3n) is 1.23. The molecule has 0 saturated heterocycles. The smallest absolute Gasteiger partial charge is 0.291 e. The predicted octanol–water partition coefficient (Wildman–Crippen LogP) is 1.59. The summed E-state index contributed by atoms with van der Waals surface area (Å²) in [5, 5.41) is 0.197. The van der Waals surface area contributed by atoms with E-state index in [0.717, 1.165) is 0 Å². The van der Waals surface area contributed by atoms with Crippen molar-refractivity contribution in [3.8, 4) is 0 Å². The standard InChI is InChI=1S/C8H12N2OS/c1-8(2,3)4-5-6(9)10-7(12)11-5/h4H,1-3H3,(H2,9,10,12)/b5-4-. The summed E-state index contributed by atoms with van der Waals surface area (Å²) < 4.78 is 5.11.